The zero-order chi connectivity index (χ0) is 14.8. The maximum atomic E-state index is 12.2. The summed E-state index contributed by atoms with van der Waals surface area (Å²) in [6, 6.07) is 12.6. The summed E-state index contributed by atoms with van der Waals surface area (Å²) >= 11 is 6.00. The van der Waals surface area contributed by atoms with Crippen LogP contribution in [0, 0.1) is 13.8 Å². The van der Waals surface area contributed by atoms with Crippen LogP contribution in [0.5, 0.6) is 0 Å². The minimum Gasteiger partial charge on any atom is -0.283 e. The molecule has 106 valence electrons. The lowest BCUT2D eigenvalue weighted by atomic mass is 10.1. The van der Waals surface area contributed by atoms with E-state index >= 15 is 0 Å². The molecule has 0 atom stereocenters. The normalized spacial score (nSPS) is 11.3. The van der Waals surface area contributed by atoms with Crippen molar-refractivity contribution < 1.29 is 8.42 Å². The smallest absolute Gasteiger partial charge is 0.236 e. The molecule has 1 N–H and O–H groups in total. The van der Waals surface area contributed by atoms with Crippen molar-refractivity contribution in [3.05, 3.63) is 64.2 Å². The summed E-state index contributed by atoms with van der Waals surface area (Å²) in [5.41, 5.74) is 3.09. The highest BCUT2D eigenvalue weighted by atomic mass is 35.5. The Morgan fingerprint density at radius 1 is 1.10 bits per heavy atom. The first kappa shape index (κ1) is 14.9. The second-order valence-electron chi connectivity index (χ2n) is 4.77. The van der Waals surface area contributed by atoms with Gasteiger partial charge in [-0.25, -0.2) is 8.42 Å². The molecule has 0 saturated heterocycles. The number of hydrogen-bond donors (Lipinski definition) is 1. The second-order valence-corrected chi connectivity index (χ2v) is 6.90. The molecule has 0 spiro atoms. The molecule has 3 nitrogen and oxygen atoms in total. The number of anilines is 1. The molecule has 5 heteroatoms. The van der Waals surface area contributed by atoms with E-state index in [2.05, 4.69) is 4.72 Å². The Kier molecular flexibility index (Phi) is 4.35. The lowest BCUT2D eigenvalue weighted by molar-refractivity contribution is 0.600. The summed E-state index contributed by atoms with van der Waals surface area (Å²) < 4.78 is 27.0. The molecule has 0 amide bonds. The number of hydrogen-bond acceptors (Lipinski definition) is 2. The van der Waals surface area contributed by atoms with Gasteiger partial charge in [0, 0.05) is 5.02 Å². The van der Waals surface area contributed by atoms with E-state index in [4.69, 9.17) is 11.6 Å². The minimum atomic E-state index is -3.48. The predicted octanol–water partition coefficient (Wildman–Crippen LogP) is 3.90. The van der Waals surface area contributed by atoms with Gasteiger partial charge in [-0.2, -0.15) is 0 Å². The van der Waals surface area contributed by atoms with Gasteiger partial charge in [-0.05, 0) is 42.7 Å². The molecule has 0 heterocycles. The van der Waals surface area contributed by atoms with E-state index in [1.807, 2.05) is 32.0 Å². The monoisotopic (exact) mass is 309 g/mol. The van der Waals surface area contributed by atoms with Crippen LogP contribution in [0.3, 0.4) is 0 Å². The van der Waals surface area contributed by atoms with Gasteiger partial charge in [0.15, 0.2) is 0 Å². The van der Waals surface area contributed by atoms with Crippen molar-refractivity contribution in [2.75, 3.05) is 4.72 Å². The van der Waals surface area contributed by atoms with Crippen molar-refractivity contribution in [3.8, 4) is 0 Å². The molecule has 0 aliphatic rings. The van der Waals surface area contributed by atoms with Crippen LogP contribution in [0.15, 0.2) is 42.5 Å². The lowest BCUT2D eigenvalue weighted by Crippen LogP contribution is -2.16. The van der Waals surface area contributed by atoms with Gasteiger partial charge in [-0.3, -0.25) is 4.72 Å². The van der Waals surface area contributed by atoms with Gasteiger partial charge < -0.3 is 0 Å². The van der Waals surface area contributed by atoms with E-state index in [1.54, 1.807) is 24.3 Å². The van der Waals surface area contributed by atoms with E-state index in [9.17, 15) is 8.42 Å². The minimum absolute atomic E-state index is 0.139. The number of nitrogens with one attached hydrogen (secondary N) is 1. The topological polar surface area (TPSA) is 46.2 Å². The molecule has 0 fully saturated rings. The summed E-state index contributed by atoms with van der Waals surface area (Å²) in [5, 5.41) is 0.457. The number of rotatable bonds is 4. The van der Waals surface area contributed by atoms with Crippen molar-refractivity contribution in [1.29, 1.82) is 0 Å². The third-order valence-corrected chi connectivity index (χ3v) is 4.55. The highest BCUT2D eigenvalue weighted by molar-refractivity contribution is 7.91. The van der Waals surface area contributed by atoms with Crippen LogP contribution in [0.2, 0.25) is 5.02 Å². The Labute approximate surface area is 124 Å². The molecule has 0 bridgehead atoms. The standard InChI is InChI=1S/C15H16ClNO2S/c1-11-7-8-12(2)15(9-11)17-20(18,19)10-13-5-3-4-6-14(13)16/h3-9,17H,10H2,1-2H3. The first-order valence-corrected chi connectivity index (χ1v) is 8.21. The molecule has 2 rings (SSSR count). The van der Waals surface area contributed by atoms with Gasteiger partial charge >= 0.3 is 0 Å². The molecular weight excluding hydrogens is 294 g/mol. The molecule has 20 heavy (non-hydrogen) atoms. The van der Waals surface area contributed by atoms with Crippen molar-refractivity contribution in [3.63, 3.8) is 0 Å². The summed E-state index contributed by atoms with van der Waals surface area (Å²) in [7, 11) is -3.48. The van der Waals surface area contributed by atoms with Gasteiger partial charge in [0.25, 0.3) is 0 Å². The van der Waals surface area contributed by atoms with Crippen molar-refractivity contribution in [2.24, 2.45) is 0 Å². The molecule has 0 radical (unpaired) electrons. The number of aryl methyl sites for hydroxylation is 2. The maximum Gasteiger partial charge on any atom is 0.236 e. The fourth-order valence-corrected chi connectivity index (χ4v) is 3.44. The van der Waals surface area contributed by atoms with Crippen LogP contribution in [0.4, 0.5) is 5.69 Å². The van der Waals surface area contributed by atoms with Crippen LogP contribution in [-0.4, -0.2) is 8.42 Å². The van der Waals surface area contributed by atoms with Gasteiger partial charge in [0.1, 0.15) is 0 Å². The maximum absolute atomic E-state index is 12.2. The van der Waals surface area contributed by atoms with Crippen molar-refractivity contribution in [1.82, 2.24) is 0 Å². The fraction of sp³-hybridized carbons (Fsp3) is 0.200. The van der Waals surface area contributed by atoms with Crippen LogP contribution in [0.1, 0.15) is 16.7 Å². The number of halogens is 1. The van der Waals surface area contributed by atoms with Crippen LogP contribution >= 0.6 is 11.6 Å². The molecule has 0 aromatic heterocycles. The van der Waals surface area contributed by atoms with E-state index in [-0.39, 0.29) is 5.75 Å². The Bertz CT molecular complexity index is 726. The van der Waals surface area contributed by atoms with E-state index < -0.39 is 10.0 Å². The number of benzene rings is 2. The zero-order valence-corrected chi connectivity index (χ0v) is 12.9. The summed E-state index contributed by atoms with van der Waals surface area (Å²) in [5.74, 6) is -0.139. The highest BCUT2D eigenvalue weighted by Gasteiger charge is 2.14. The van der Waals surface area contributed by atoms with E-state index in [0.29, 0.717) is 16.3 Å². The Hall–Kier alpha value is -1.52. The Morgan fingerprint density at radius 2 is 1.80 bits per heavy atom. The molecule has 0 aliphatic heterocycles. The third kappa shape index (κ3) is 3.74. The van der Waals surface area contributed by atoms with Crippen molar-refractivity contribution >= 4 is 27.3 Å². The summed E-state index contributed by atoms with van der Waals surface area (Å²) in [6.07, 6.45) is 0. The quantitative estimate of drug-likeness (QED) is 0.931. The predicted molar refractivity (Wildman–Crippen MR) is 83.6 cm³/mol. The average molecular weight is 310 g/mol. The van der Waals surface area contributed by atoms with Gasteiger partial charge in [-0.1, -0.05) is 41.9 Å². The molecule has 2 aromatic rings. The Morgan fingerprint density at radius 3 is 2.50 bits per heavy atom. The molecule has 0 saturated carbocycles. The van der Waals surface area contributed by atoms with E-state index in [0.717, 1.165) is 11.1 Å². The number of sulfonamides is 1. The summed E-state index contributed by atoms with van der Waals surface area (Å²) in [4.78, 5) is 0. The average Bonchev–Trinajstić information content (AvgIpc) is 2.36. The van der Waals surface area contributed by atoms with Gasteiger partial charge in [-0.15, -0.1) is 0 Å². The largest absolute Gasteiger partial charge is 0.283 e. The molecule has 0 aliphatic carbocycles. The fourth-order valence-electron chi connectivity index (χ4n) is 1.87. The van der Waals surface area contributed by atoms with Crippen LogP contribution < -0.4 is 4.72 Å². The van der Waals surface area contributed by atoms with Gasteiger partial charge in [0.2, 0.25) is 10.0 Å². The first-order valence-electron chi connectivity index (χ1n) is 6.18. The van der Waals surface area contributed by atoms with Gasteiger partial charge in [0.05, 0.1) is 11.4 Å². The van der Waals surface area contributed by atoms with E-state index in [1.165, 1.54) is 0 Å². The molecular formula is C15H16ClNO2S. The first-order chi connectivity index (χ1) is 9.37. The third-order valence-electron chi connectivity index (χ3n) is 2.96. The van der Waals surface area contributed by atoms with Crippen LogP contribution in [0.25, 0.3) is 0 Å². The lowest BCUT2D eigenvalue weighted by Gasteiger charge is -2.12. The van der Waals surface area contributed by atoms with Crippen LogP contribution in [-0.2, 0) is 15.8 Å². The van der Waals surface area contributed by atoms with Crippen molar-refractivity contribution in [2.45, 2.75) is 19.6 Å². The molecule has 2 aromatic carbocycles. The SMILES string of the molecule is Cc1ccc(C)c(NS(=O)(=O)Cc2ccccc2Cl)c1. The highest BCUT2D eigenvalue weighted by Crippen LogP contribution is 2.21. The Balaban J connectivity index is 2.24. The second kappa shape index (κ2) is 5.85. The summed E-state index contributed by atoms with van der Waals surface area (Å²) in [6.45, 7) is 3.79. The zero-order valence-electron chi connectivity index (χ0n) is 11.4. The molecule has 0 unspecified atom stereocenters.